The van der Waals surface area contributed by atoms with Gasteiger partial charge in [0.1, 0.15) is 41.2 Å². The van der Waals surface area contributed by atoms with Crippen LogP contribution in [0.2, 0.25) is 0 Å². The number of amides is 12. The maximum Gasteiger partial charge on any atom is 0.327 e. The molecule has 47 heteroatoms. The molecule has 0 aliphatic heterocycles. The highest BCUT2D eigenvalue weighted by atomic mass is 32.2. The summed E-state index contributed by atoms with van der Waals surface area (Å²) in [5.41, 5.74) is 8.69. The third-order valence-electron chi connectivity index (χ3n) is 19.6. The molecule has 140 heavy (non-hydrogen) atoms. The van der Waals surface area contributed by atoms with Crippen molar-refractivity contribution in [2.75, 3.05) is 67.6 Å². The number of nitrogens with one attached hydrogen (secondary N) is 13. The van der Waals surface area contributed by atoms with Crippen molar-refractivity contribution < 1.29 is 72.0 Å². The number of rotatable bonds is 21. The van der Waals surface area contributed by atoms with Crippen LogP contribution in [0.3, 0.4) is 0 Å². The monoisotopic (exact) mass is 2000 g/mol. The SMILES string of the molecule is CC(C)(C)c1cc(NC(=O)Nc2ccc3ccccc3n2)n(-c2ccc(C(=O)NS(C)(=O)=O)cc2)n1.CC(C)(C)c1cc(NC(=O)Nc2ccncn2)n(-c2ccc(C(=O)NS(C)(=O)=O)cc2)n1.CC(C)(C)c1cc(NC(=O)Nc2nc(-c3ccccc3)cs2)n(-c2ccc(C(=O)NS(C)(=O)=O)cc2)n1.CC(C)(C)c1cc(NC(=O)Nc2nc3ccccc3[nH]2)n(-c2ccc(C(=O)NS(C)(=O)=O)cc2)n1. The molecule has 15 aromatic rings. The van der Waals surface area contributed by atoms with Gasteiger partial charge < -0.3 is 4.98 Å². The van der Waals surface area contributed by atoms with E-state index in [0.717, 1.165) is 81.0 Å². The third-order valence-corrected chi connectivity index (χ3v) is 22.5. The fourth-order valence-corrected chi connectivity index (χ4v) is 15.2. The second-order valence-electron chi connectivity index (χ2n) is 35.6. The summed E-state index contributed by atoms with van der Waals surface area (Å²) in [4.78, 5) is 123. The summed E-state index contributed by atoms with van der Waals surface area (Å²) >= 11 is 1.32. The van der Waals surface area contributed by atoms with Gasteiger partial charge in [-0.05, 0) is 133 Å². The number of urea groups is 4. The maximum absolute atomic E-state index is 12.8. The topological polar surface area (TPSA) is 569 Å². The molecule has 8 aromatic heterocycles. The highest BCUT2D eigenvalue weighted by Gasteiger charge is 2.29. The van der Waals surface area contributed by atoms with E-state index in [9.17, 15) is 72.0 Å². The molecule has 15 rings (SSSR count). The molecule has 0 atom stereocenters. The zero-order valence-electron chi connectivity index (χ0n) is 78.4. The molecular formula is C93H100N26O16S5. The van der Waals surface area contributed by atoms with Crippen LogP contribution in [0, 0.1) is 0 Å². The van der Waals surface area contributed by atoms with E-state index in [4.69, 9.17) is 0 Å². The maximum atomic E-state index is 12.8. The summed E-state index contributed by atoms with van der Waals surface area (Å²) in [5.74, 6) is -0.298. The number of carbonyl (C=O) groups is 8. The minimum atomic E-state index is -3.68. The lowest BCUT2D eigenvalue weighted by Gasteiger charge is -2.14. The van der Waals surface area contributed by atoms with E-state index < -0.39 is 87.8 Å². The van der Waals surface area contributed by atoms with Crippen LogP contribution in [0.25, 0.3) is 55.9 Å². The molecule has 8 heterocycles. The largest absolute Gasteiger partial charge is 0.327 e. The molecule has 0 unspecified atom stereocenters. The van der Waals surface area contributed by atoms with Crippen LogP contribution in [0.15, 0.2) is 236 Å². The van der Waals surface area contributed by atoms with Gasteiger partial charge >= 0.3 is 24.1 Å². The summed E-state index contributed by atoms with van der Waals surface area (Å²) in [6.45, 7) is 24.0. The number of carbonyl (C=O) groups excluding carboxylic acids is 8. The minimum absolute atomic E-state index is 0.165. The molecule has 0 aliphatic rings. The zero-order chi connectivity index (χ0) is 102. The third kappa shape index (κ3) is 28.9. The number of imidazole rings is 1. The molecule has 13 N–H and O–H groups in total. The van der Waals surface area contributed by atoms with E-state index in [-0.39, 0.29) is 43.9 Å². The highest BCUT2D eigenvalue weighted by Crippen LogP contribution is 2.34. The van der Waals surface area contributed by atoms with Crippen molar-refractivity contribution in [3.8, 4) is 34.0 Å². The van der Waals surface area contributed by atoms with Gasteiger partial charge in [0.05, 0.1) is 92.8 Å². The molecule has 0 saturated carbocycles. The number of anilines is 8. The number of pyridine rings is 1. The molecule has 7 aromatic carbocycles. The lowest BCUT2D eigenvalue weighted by molar-refractivity contribution is 0.0972. The van der Waals surface area contributed by atoms with Gasteiger partial charge in [-0.25, -0.2) is 115 Å². The number of para-hydroxylation sites is 3. The number of sulfonamides is 4. The summed E-state index contributed by atoms with van der Waals surface area (Å²) in [5, 5.41) is 43.8. The lowest BCUT2D eigenvalue weighted by Crippen LogP contribution is -2.29. The van der Waals surface area contributed by atoms with Crippen molar-refractivity contribution in [1.29, 1.82) is 0 Å². The van der Waals surface area contributed by atoms with Gasteiger partial charge in [-0.3, -0.25) is 61.7 Å². The number of aromatic nitrogens is 14. The second-order valence-corrected chi connectivity index (χ2v) is 43.5. The predicted octanol–water partition coefficient (Wildman–Crippen LogP) is 14.4. The molecule has 12 amide bonds. The number of thiazole rings is 1. The summed E-state index contributed by atoms with van der Waals surface area (Å²) in [6, 6.07) is 59.6. The second kappa shape index (κ2) is 42.1. The van der Waals surface area contributed by atoms with Crippen molar-refractivity contribution in [2.24, 2.45) is 0 Å². The Hall–Kier alpha value is -16.3. The summed E-state index contributed by atoms with van der Waals surface area (Å²) in [6.07, 6.45) is 6.46. The van der Waals surface area contributed by atoms with Crippen LogP contribution in [0.5, 0.6) is 0 Å². The molecule has 0 bridgehead atoms. The quantitative estimate of drug-likeness (QED) is 0.0318. The Morgan fingerprint density at radius 1 is 0.336 bits per heavy atom. The average molecular weight is 2000 g/mol. The zero-order valence-corrected chi connectivity index (χ0v) is 82.5. The molecule has 728 valence electrons. The molecular weight excluding hydrogens is 1900 g/mol. The highest BCUT2D eigenvalue weighted by molar-refractivity contribution is 7.90. The van der Waals surface area contributed by atoms with Crippen LogP contribution < -0.4 is 61.4 Å². The Bertz CT molecular complexity index is 7600. The number of fused-ring (bicyclic) bond motifs is 2. The summed E-state index contributed by atoms with van der Waals surface area (Å²) < 4.78 is 104. The Morgan fingerprint density at radius 2 is 0.671 bits per heavy atom. The first-order valence-electron chi connectivity index (χ1n) is 42.4. The van der Waals surface area contributed by atoms with Gasteiger partial charge in [0.25, 0.3) is 23.6 Å². The first-order chi connectivity index (χ1) is 65.6. The Morgan fingerprint density at radius 3 is 1.02 bits per heavy atom. The first kappa shape index (κ1) is 103. The van der Waals surface area contributed by atoms with Crippen LogP contribution >= 0.6 is 11.3 Å². The number of hydrogen-bond donors (Lipinski definition) is 13. The van der Waals surface area contributed by atoms with E-state index >= 15 is 0 Å². The van der Waals surface area contributed by atoms with Crippen molar-refractivity contribution in [3.05, 3.63) is 281 Å². The van der Waals surface area contributed by atoms with Crippen molar-refractivity contribution in [1.82, 2.24) is 87.9 Å². The van der Waals surface area contributed by atoms with Gasteiger partial charge in [0.15, 0.2) is 5.13 Å². The molecule has 0 aliphatic carbocycles. The molecule has 0 radical (unpaired) electrons. The standard InChI is InChI=1S/C25H26N6O4S2.C25H26N6O4S.C23H25N7O4S.C20H23N7O4S/c1-25(2,3)20-14-21(27-23(33)28-24-26-19(15-36-24)16-8-6-5-7-9-16)31(29-20)18-12-10-17(11-13-18)22(32)30-37(4,34)35;1-25(2,3)20-15-22(28-24(33)27-21-14-11-16-7-5-6-8-19(16)26-21)31(29-20)18-12-9-17(10-13-18)23(32)30-36(4,34)35;1-23(2,3)18-13-19(26-22(32)27-21-24-16-7-5-6-8-17(16)25-21)30(28-18)15-11-9-14(10-12-15)20(31)29-35(4,33)34;1-20(2,3)15-11-17(24-19(29)23-16-9-10-21-12-22-16)27(25-15)14-7-5-13(6-8-14)18(28)26-32(4,30)31/h5-15H,1-4H3,(H,30,32)(H2,26,27,28,33);5-15H,1-4H3,(H,30,32)(H2,26,27,28,33);5-13H,1-4H3,(H,29,31)(H3,24,25,26,27,32);5-12H,1-4H3,(H,26,28)(H2,21,22,23,24,29). The number of H-pyrrole nitrogens is 1. The molecule has 0 fully saturated rings. The first-order valence-corrected chi connectivity index (χ1v) is 50.9. The van der Waals surface area contributed by atoms with Crippen LogP contribution in [0.4, 0.5) is 65.2 Å². The van der Waals surface area contributed by atoms with E-state index in [1.54, 1.807) is 94.3 Å². The van der Waals surface area contributed by atoms with E-state index in [0.29, 0.717) is 68.7 Å². The molecule has 0 spiro atoms. The van der Waals surface area contributed by atoms with E-state index in [2.05, 4.69) is 92.8 Å². The Kier molecular flexibility index (Phi) is 30.9. The van der Waals surface area contributed by atoms with Crippen molar-refractivity contribution >= 4 is 167 Å². The fourth-order valence-electron chi connectivity index (χ4n) is 12.7. The minimum Gasteiger partial charge on any atom is -0.324 e. The van der Waals surface area contributed by atoms with Gasteiger partial charge in [0.2, 0.25) is 46.0 Å². The van der Waals surface area contributed by atoms with Crippen LogP contribution in [-0.2, 0) is 61.8 Å². The number of nitrogens with zero attached hydrogens (tertiary/aromatic N) is 13. The fraction of sp³-hybridized carbons (Fsp3) is 0.215. The molecule has 42 nitrogen and oxygen atoms in total. The number of hydrogen-bond acceptors (Lipinski definition) is 26. The Balaban J connectivity index is 0.000000167. The van der Waals surface area contributed by atoms with Gasteiger partial charge in [-0.1, -0.05) is 144 Å². The summed E-state index contributed by atoms with van der Waals surface area (Å²) in [7, 11) is -14.7. The number of benzene rings is 7. The average Bonchev–Trinajstić information content (AvgIpc) is 1.66. The van der Waals surface area contributed by atoms with E-state index in [1.807, 2.05) is 192 Å². The van der Waals surface area contributed by atoms with Crippen molar-refractivity contribution in [3.63, 3.8) is 0 Å². The Labute approximate surface area is 809 Å². The lowest BCUT2D eigenvalue weighted by atomic mass is 9.92. The van der Waals surface area contributed by atoms with Crippen molar-refractivity contribution in [2.45, 2.75) is 105 Å². The normalized spacial score (nSPS) is 11.7. The van der Waals surface area contributed by atoms with E-state index in [1.165, 1.54) is 81.8 Å². The number of aromatic amines is 1. The van der Waals surface area contributed by atoms with Gasteiger partial charge in [0, 0.05) is 90.7 Å². The van der Waals surface area contributed by atoms with Gasteiger partial charge in [-0.2, -0.15) is 20.4 Å². The van der Waals surface area contributed by atoms with Crippen LogP contribution in [0.1, 0.15) is 147 Å². The molecule has 0 saturated heterocycles. The predicted molar refractivity (Wildman–Crippen MR) is 536 cm³/mol. The smallest absolute Gasteiger partial charge is 0.324 e. The van der Waals surface area contributed by atoms with Crippen LogP contribution in [-0.4, -0.2) is 175 Å². The van der Waals surface area contributed by atoms with Gasteiger partial charge in [-0.15, -0.1) is 11.3 Å².